The predicted octanol–water partition coefficient (Wildman–Crippen LogP) is 5.27. The predicted molar refractivity (Wildman–Crippen MR) is 77.2 cm³/mol. The summed E-state index contributed by atoms with van der Waals surface area (Å²) in [5, 5.41) is 8.63. The molecule has 100 valence electrons. The van der Waals surface area contributed by atoms with Crippen LogP contribution in [0.15, 0.2) is 60.7 Å². The van der Waals surface area contributed by atoms with Gasteiger partial charge in [0, 0.05) is 0 Å². The van der Waals surface area contributed by atoms with Crippen molar-refractivity contribution in [3.8, 4) is 5.75 Å². The van der Waals surface area contributed by atoms with Gasteiger partial charge in [-0.05, 0) is 24.3 Å². The van der Waals surface area contributed by atoms with E-state index in [1.54, 1.807) is 42.5 Å². The molecule has 18 heavy (non-hydrogen) atoms. The number of para-hydroxylation sites is 1. The van der Waals surface area contributed by atoms with Crippen molar-refractivity contribution in [2.75, 3.05) is 0 Å². The fourth-order valence-electron chi connectivity index (χ4n) is 0.843. The summed E-state index contributed by atoms with van der Waals surface area (Å²) in [5.74, 6) is 0.144. The van der Waals surface area contributed by atoms with E-state index in [1.807, 2.05) is 33.8 Å². The summed E-state index contributed by atoms with van der Waals surface area (Å²) < 4.78 is 11.9. The molecule has 0 heterocycles. The minimum Gasteiger partial charge on any atom is -0.508 e. The van der Waals surface area contributed by atoms with Gasteiger partial charge < -0.3 is 5.11 Å². The zero-order chi connectivity index (χ0) is 14.2. The van der Waals surface area contributed by atoms with E-state index >= 15 is 0 Å². The third-order valence-corrected chi connectivity index (χ3v) is 1.49. The molecule has 1 N–H and O–H groups in total. The van der Waals surface area contributed by atoms with Crippen LogP contribution in [0.5, 0.6) is 5.75 Å². The highest BCUT2D eigenvalue weighted by atomic mass is 19.1. The van der Waals surface area contributed by atoms with Crippen molar-refractivity contribution in [3.05, 3.63) is 66.5 Å². The van der Waals surface area contributed by atoms with E-state index in [4.69, 9.17) is 5.11 Å². The van der Waals surface area contributed by atoms with E-state index in [-0.39, 0.29) is 5.82 Å². The molecule has 1 nitrogen and oxygen atoms in total. The molecule has 0 fully saturated rings. The second kappa shape index (κ2) is 15.2. The number of phenols is 1. The first-order valence-electron chi connectivity index (χ1n) is 6.23. The largest absolute Gasteiger partial charge is 0.508 e. The minimum absolute atomic E-state index is 0.178. The van der Waals surface area contributed by atoms with Crippen LogP contribution in [-0.2, 0) is 0 Å². The van der Waals surface area contributed by atoms with E-state index in [0.717, 1.165) is 0 Å². The van der Waals surface area contributed by atoms with Crippen LogP contribution in [0.1, 0.15) is 27.7 Å². The minimum atomic E-state index is -0.178. The Kier molecular flexibility index (Phi) is 15.6. The van der Waals surface area contributed by atoms with E-state index in [1.165, 1.54) is 12.1 Å². The molecule has 0 amide bonds. The highest BCUT2D eigenvalue weighted by Gasteiger charge is 1.77. The third kappa shape index (κ3) is 12.2. The van der Waals surface area contributed by atoms with Gasteiger partial charge in [0.15, 0.2) is 0 Å². The Hall–Kier alpha value is -1.83. The van der Waals surface area contributed by atoms with Crippen LogP contribution in [-0.4, -0.2) is 5.11 Å². The lowest BCUT2D eigenvalue weighted by atomic mass is 10.3. The standard InChI is InChI=1S/C6H5F.C6H6O.2C2H6/c2*7-6-4-2-1-3-5-6;2*1-2/h1-5H;1-5,7H;2*1-2H3. The van der Waals surface area contributed by atoms with Crippen molar-refractivity contribution in [2.24, 2.45) is 0 Å². The Morgan fingerprint density at radius 3 is 1.17 bits per heavy atom. The maximum Gasteiger partial charge on any atom is 0.123 e. The molecule has 0 spiro atoms. The maximum atomic E-state index is 11.9. The first kappa shape index (κ1) is 18.5. The Bertz CT molecular complexity index is 308. The van der Waals surface area contributed by atoms with Gasteiger partial charge in [-0.2, -0.15) is 0 Å². The molecule has 0 saturated carbocycles. The quantitative estimate of drug-likeness (QED) is 0.675. The van der Waals surface area contributed by atoms with Crippen molar-refractivity contribution < 1.29 is 9.50 Å². The zero-order valence-corrected chi connectivity index (χ0v) is 11.6. The maximum absolute atomic E-state index is 11.9. The first-order valence-corrected chi connectivity index (χ1v) is 6.23. The van der Waals surface area contributed by atoms with Gasteiger partial charge in [0.2, 0.25) is 0 Å². The fraction of sp³-hybridized carbons (Fsp3) is 0.250. The van der Waals surface area contributed by atoms with Gasteiger partial charge in [-0.1, -0.05) is 64.1 Å². The van der Waals surface area contributed by atoms with Gasteiger partial charge in [-0.15, -0.1) is 0 Å². The number of halogens is 1. The lowest BCUT2D eigenvalue weighted by molar-refractivity contribution is 0.475. The second-order valence-corrected chi connectivity index (χ2v) is 2.63. The third-order valence-electron chi connectivity index (χ3n) is 1.49. The lowest BCUT2D eigenvalue weighted by Crippen LogP contribution is -1.63. The summed E-state index contributed by atoms with van der Waals surface area (Å²) in [6, 6.07) is 16.7. The lowest BCUT2D eigenvalue weighted by Gasteiger charge is -1.82. The molecule has 0 aliphatic carbocycles. The summed E-state index contributed by atoms with van der Waals surface area (Å²) in [6.07, 6.45) is 0. The van der Waals surface area contributed by atoms with Gasteiger partial charge >= 0.3 is 0 Å². The van der Waals surface area contributed by atoms with E-state index in [2.05, 4.69) is 0 Å². The van der Waals surface area contributed by atoms with Gasteiger partial charge in [0.1, 0.15) is 11.6 Å². The highest BCUT2D eigenvalue weighted by molar-refractivity contribution is 5.18. The smallest absolute Gasteiger partial charge is 0.123 e. The average molecular weight is 250 g/mol. The van der Waals surface area contributed by atoms with Crippen molar-refractivity contribution >= 4 is 0 Å². The summed E-state index contributed by atoms with van der Waals surface area (Å²) in [6.45, 7) is 8.00. The summed E-state index contributed by atoms with van der Waals surface area (Å²) in [4.78, 5) is 0. The molecule has 0 aliphatic heterocycles. The number of aromatic hydroxyl groups is 1. The molecule has 0 saturated heterocycles. The Balaban J connectivity index is 0. The Labute approximate surface area is 110 Å². The molecule has 0 bridgehead atoms. The molecule has 0 aliphatic rings. The SMILES string of the molecule is CC.CC.Fc1ccccc1.Oc1ccccc1. The number of phenolic OH excluding ortho intramolecular Hbond substituents is 1. The van der Waals surface area contributed by atoms with Crippen molar-refractivity contribution in [3.63, 3.8) is 0 Å². The first-order chi connectivity index (χ1) is 8.79. The number of rotatable bonds is 0. The number of hydrogen-bond acceptors (Lipinski definition) is 1. The molecule has 2 heteroatoms. The average Bonchev–Trinajstić information content (AvgIpc) is 2.46. The summed E-state index contributed by atoms with van der Waals surface area (Å²) in [5.41, 5.74) is 0. The van der Waals surface area contributed by atoms with Gasteiger partial charge in [0.05, 0.1) is 0 Å². The van der Waals surface area contributed by atoms with Crippen molar-refractivity contribution in [1.82, 2.24) is 0 Å². The summed E-state index contributed by atoms with van der Waals surface area (Å²) >= 11 is 0. The second-order valence-electron chi connectivity index (χ2n) is 2.63. The van der Waals surface area contributed by atoms with Crippen LogP contribution < -0.4 is 0 Å². The molecule has 0 aromatic heterocycles. The molecule has 0 atom stereocenters. The van der Waals surface area contributed by atoms with Crippen LogP contribution in [0.25, 0.3) is 0 Å². The monoisotopic (exact) mass is 250 g/mol. The normalized spacial score (nSPS) is 7.39. The zero-order valence-electron chi connectivity index (χ0n) is 11.6. The highest BCUT2D eigenvalue weighted by Crippen LogP contribution is 2.02. The molecular weight excluding hydrogens is 227 g/mol. The van der Waals surface area contributed by atoms with Crippen LogP contribution in [0.2, 0.25) is 0 Å². The Morgan fingerprint density at radius 1 is 0.667 bits per heavy atom. The van der Waals surface area contributed by atoms with E-state index < -0.39 is 0 Å². The van der Waals surface area contributed by atoms with Crippen LogP contribution >= 0.6 is 0 Å². The molecule has 0 radical (unpaired) electrons. The molecule has 2 aromatic rings. The van der Waals surface area contributed by atoms with Gasteiger partial charge in [0.25, 0.3) is 0 Å². The van der Waals surface area contributed by atoms with Gasteiger partial charge in [-0.25, -0.2) is 4.39 Å². The van der Waals surface area contributed by atoms with Crippen LogP contribution in [0, 0.1) is 5.82 Å². The van der Waals surface area contributed by atoms with E-state index in [0.29, 0.717) is 5.75 Å². The molecule has 2 rings (SSSR count). The molecule has 0 unspecified atom stereocenters. The summed E-state index contributed by atoms with van der Waals surface area (Å²) in [7, 11) is 0. The van der Waals surface area contributed by atoms with Crippen molar-refractivity contribution in [2.45, 2.75) is 27.7 Å². The topological polar surface area (TPSA) is 20.2 Å². The van der Waals surface area contributed by atoms with Crippen LogP contribution in [0.4, 0.5) is 4.39 Å². The van der Waals surface area contributed by atoms with Gasteiger partial charge in [-0.3, -0.25) is 0 Å². The number of hydrogen-bond donors (Lipinski definition) is 1. The van der Waals surface area contributed by atoms with Crippen LogP contribution in [0.3, 0.4) is 0 Å². The van der Waals surface area contributed by atoms with Crippen molar-refractivity contribution in [1.29, 1.82) is 0 Å². The number of benzene rings is 2. The fourth-order valence-corrected chi connectivity index (χ4v) is 0.843. The van der Waals surface area contributed by atoms with E-state index in [9.17, 15) is 4.39 Å². The Morgan fingerprint density at radius 2 is 1.00 bits per heavy atom. The molecular formula is C16H23FO. The molecule has 2 aromatic carbocycles.